The number of hydrogen-bond acceptors (Lipinski definition) is 4. The van der Waals surface area contributed by atoms with Gasteiger partial charge in [-0.05, 0) is 62.8 Å². The van der Waals surface area contributed by atoms with Crippen molar-refractivity contribution in [3.8, 4) is 5.75 Å². The highest BCUT2D eigenvalue weighted by molar-refractivity contribution is 6.09. The van der Waals surface area contributed by atoms with Crippen LogP contribution in [0.2, 0.25) is 0 Å². The fourth-order valence-electron chi connectivity index (χ4n) is 3.35. The van der Waals surface area contributed by atoms with Crippen molar-refractivity contribution < 1.29 is 19.1 Å². The fraction of sp³-hybridized carbons (Fsp3) is 0.500. The van der Waals surface area contributed by atoms with E-state index in [-0.39, 0.29) is 5.91 Å². The number of carbonyl (C=O) groups excluding carboxylic acids is 3. The lowest BCUT2D eigenvalue weighted by Gasteiger charge is -2.33. The molecule has 1 saturated heterocycles. The Morgan fingerprint density at radius 2 is 1.92 bits per heavy atom. The molecular formula is C18H23N3O4. The molecule has 1 spiro atoms. The third kappa shape index (κ3) is 3.31. The van der Waals surface area contributed by atoms with Gasteiger partial charge in [-0.15, -0.1) is 0 Å². The van der Waals surface area contributed by atoms with E-state index in [0.29, 0.717) is 36.7 Å². The van der Waals surface area contributed by atoms with E-state index in [9.17, 15) is 14.4 Å². The normalized spacial score (nSPS) is 25.8. The molecule has 0 bridgehead atoms. The van der Waals surface area contributed by atoms with Crippen LogP contribution in [0, 0.1) is 5.92 Å². The lowest BCUT2D eigenvalue weighted by molar-refractivity contribution is -0.134. The van der Waals surface area contributed by atoms with E-state index in [1.54, 1.807) is 24.3 Å². The Morgan fingerprint density at radius 3 is 2.52 bits per heavy atom. The molecule has 0 radical (unpaired) electrons. The number of hydrazine groups is 1. The molecule has 1 aromatic carbocycles. The van der Waals surface area contributed by atoms with Gasteiger partial charge in [0, 0.05) is 5.56 Å². The van der Waals surface area contributed by atoms with E-state index < -0.39 is 17.5 Å². The summed E-state index contributed by atoms with van der Waals surface area (Å²) >= 11 is 0. The minimum absolute atomic E-state index is 0.349. The molecule has 0 atom stereocenters. The number of hydrogen-bond donors (Lipinski definition) is 2. The first-order valence-corrected chi connectivity index (χ1v) is 8.66. The molecule has 1 aromatic rings. The number of amides is 4. The summed E-state index contributed by atoms with van der Waals surface area (Å²) in [6.07, 6.45) is 2.97. The van der Waals surface area contributed by atoms with E-state index >= 15 is 0 Å². The molecule has 7 nitrogen and oxygen atoms in total. The third-order valence-electron chi connectivity index (χ3n) is 4.93. The first-order valence-electron chi connectivity index (χ1n) is 8.66. The fourth-order valence-corrected chi connectivity index (χ4v) is 3.35. The Balaban J connectivity index is 1.68. The highest BCUT2D eigenvalue weighted by atomic mass is 16.5. The van der Waals surface area contributed by atoms with Gasteiger partial charge in [-0.3, -0.25) is 15.0 Å². The summed E-state index contributed by atoms with van der Waals surface area (Å²) in [4.78, 5) is 37.3. The summed E-state index contributed by atoms with van der Waals surface area (Å²) < 4.78 is 5.33. The highest BCUT2D eigenvalue weighted by Crippen LogP contribution is 2.35. The topological polar surface area (TPSA) is 87.7 Å². The molecule has 1 saturated carbocycles. The van der Waals surface area contributed by atoms with Crippen LogP contribution in [-0.4, -0.2) is 35.0 Å². The monoisotopic (exact) mass is 345 g/mol. The van der Waals surface area contributed by atoms with Gasteiger partial charge in [-0.2, -0.15) is 5.01 Å². The molecule has 2 aliphatic rings. The highest BCUT2D eigenvalue weighted by Gasteiger charge is 2.52. The van der Waals surface area contributed by atoms with Crippen molar-refractivity contribution in [2.45, 2.75) is 45.1 Å². The molecule has 2 fully saturated rings. The number of ether oxygens (including phenoxy) is 1. The second-order valence-electron chi connectivity index (χ2n) is 6.73. The van der Waals surface area contributed by atoms with Gasteiger partial charge in [0.1, 0.15) is 11.3 Å². The van der Waals surface area contributed by atoms with Crippen LogP contribution in [0.25, 0.3) is 0 Å². The number of nitrogens with one attached hydrogen (secondary N) is 2. The van der Waals surface area contributed by atoms with Crippen molar-refractivity contribution in [3.05, 3.63) is 29.8 Å². The van der Waals surface area contributed by atoms with Crippen LogP contribution in [0.3, 0.4) is 0 Å². The van der Waals surface area contributed by atoms with E-state index in [2.05, 4.69) is 17.7 Å². The average molecular weight is 345 g/mol. The summed E-state index contributed by atoms with van der Waals surface area (Å²) in [5, 5.41) is 3.59. The third-order valence-corrected chi connectivity index (χ3v) is 4.93. The quantitative estimate of drug-likeness (QED) is 0.819. The smallest absolute Gasteiger partial charge is 0.344 e. The maximum Gasteiger partial charge on any atom is 0.344 e. The van der Waals surface area contributed by atoms with Crippen molar-refractivity contribution in [2.75, 3.05) is 6.61 Å². The van der Waals surface area contributed by atoms with E-state index in [1.165, 1.54) is 0 Å². The van der Waals surface area contributed by atoms with Gasteiger partial charge in [0.25, 0.3) is 11.8 Å². The predicted molar refractivity (Wildman–Crippen MR) is 90.8 cm³/mol. The molecule has 134 valence electrons. The first kappa shape index (κ1) is 17.3. The minimum Gasteiger partial charge on any atom is -0.494 e. The molecule has 0 unspecified atom stereocenters. The van der Waals surface area contributed by atoms with Crippen molar-refractivity contribution in [2.24, 2.45) is 5.92 Å². The molecule has 3 rings (SSSR count). The molecule has 1 aliphatic heterocycles. The zero-order valence-corrected chi connectivity index (χ0v) is 14.5. The summed E-state index contributed by atoms with van der Waals surface area (Å²) in [6, 6.07) is 5.97. The second kappa shape index (κ2) is 6.74. The Hall–Kier alpha value is -2.57. The molecule has 7 heteroatoms. The Labute approximate surface area is 146 Å². The van der Waals surface area contributed by atoms with E-state index in [0.717, 1.165) is 17.9 Å². The molecule has 2 N–H and O–H groups in total. The van der Waals surface area contributed by atoms with Crippen LogP contribution < -0.4 is 15.5 Å². The van der Waals surface area contributed by atoms with Crippen molar-refractivity contribution >= 4 is 17.8 Å². The molecule has 1 aliphatic carbocycles. The number of rotatable bonds is 4. The second-order valence-corrected chi connectivity index (χ2v) is 6.73. The van der Waals surface area contributed by atoms with Crippen molar-refractivity contribution in [3.63, 3.8) is 0 Å². The molecule has 4 amide bonds. The number of carbonyl (C=O) groups is 3. The van der Waals surface area contributed by atoms with Crippen LogP contribution in [0.5, 0.6) is 5.75 Å². The Kier molecular flexibility index (Phi) is 4.65. The molecule has 1 heterocycles. The standard InChI is InChI=1S/C18H23N3O4/c1-3-25-14-6-4-13(5-7-14)15(22)20-21-16(23)18(19-17(21)24)10-8-12(2)9-11-18/h4-7,12H,3,8-11H2,1-2H3,(H,19,24)(H,20,22). The maximum atomic E-state index is 12.7. The van der Waals surface area contributed by atoms with Gasteiger partial charge in [0.05, 0.1) is 6.61 Å². The van der Waals surface area contributed by atoms with Gasteiger partial charge in [-0.1, -0.05) is 6.92 Å². The number of urea groups is 1. The number of imide groups is 1. The van der Waals surface area contributed by atoms with Gasteiger partial charge in [-0.25, -0.2) is 4.79 Å². The van der Waals surface area contributed by atoms with E-state index in [4.69, 9.17) is 4.74 Å². The minimum atomic E-state index is -0.865. The summed E-state index contributed by atoms with van der Waals surface area (Å²) in [5.41, 5.74) is 1.90. The Morgan fingerprint density at radius 1 is 1.28 bits per heavy atom. The van der Waals surface area contributed by atoms with Crippen LogP contribution in [0.15, 0.2) is 24.3 Å². The van der Waals surface area contributed by atoms with Gasteiger partial charge >= 0.3 is 6.03 Å². The molecule has 0 aromatic heterocycles. The van der Waals surface area contributed by atoms with Crippen LogP contribution >= 0.6 is 0 Å². The van der Waals surface area contributed by atoms with Gasteiger partial charge in [0.15, 0.2) is 0 Å². The summed E-state index contributed by atoms with van der Waals surface area (Å²) in [7, 11) is 0. The lowest BCUT2D eigenvalue weighted by Crippen LogP contribution is -2.51. The van der Waals surface area contributed by atoms with Crippen LogP contribution in [-0.2, 0) is 4.79 Å². The van der Waals surface area contributed by atoms with Crippen LogP contribution in [0.1, 0.15) is 49.9 Å². The molecular weight excluding hydrogens is 322 g/mol. The van der Waals surface area contributed by atoms with Gasteiger partial charge < -0.3 is 10.1 Å². The largest absolute Gasteiger partial charge is 0.494 e. The number of nitrogens with zero attached hydrogens (tertiary/aromatic N) is 1. The van der Waals surface area contributed by atoms with E-state index in [1.807, 2.05) is 6.92 Å². The van der Waals surface area contributed by atoms with Crippen molar-refractivity contribution in [1.29, 1.82) is 0 Å². The zero-order chi connectivity index (χ0) is 18.0. The van der Waals surface area contributed by atoms with Crippen molar-refractivity contribution in [1.82, 2.24) is 15.8 Å². The van der Waals surface area contributed by atoms with Crippen LogP contribution in [0.4, 0.5) is 4.79 Å². The predicted octanol–water partition coefficient (Wildman–Crippen LogP) is 2.23. The van der Waals surface area contributed by atoms with Gasteiger partial charge in [0.2, 0.25) is 0 Å². The Bertz CT molecular complexity index is 678. The molecule has 25 heavy (non-hydrogen) atoms. The number of benzene rings is 1. The lowest BCUT2D eigenvalue weighted by atomic mass is 9.77. The summed E-state index contributed by atoms with van der Waals surface area (Å²) in [5.74, 6) is 0.323. The average Bonchev–Trinajstić information content (AvgIpc) is 2.83. The SMILES string of the molecule is CCOc1ccc(C(=O)NN2C(=O)NC3(CCC(C)CC3)C2=O)cc1. The maximum absolute atomic E-state index is 12.7. The summed E-state index contributed by atoms with van der Waals surface area (Å²) in [6.45, 7) is 4.55. The zero-order valence-electron chi connectivity index (χ0n) is 14.5. The first-order chi connectivity index (χ1) is 11.9.